The molecule has 5 heteroatoms. The third kappa shape index (κ3) is 2.40. The van der Waals surface area contributed by atoms with Gasteiger partial charge in [0.2, 0.25) is 5.91 Å². The number of hydrogen-bond acceptors (Lipinski definition) is 1. The van der Waals surface area contributed by atoms with Crippen molar-refractivity contribution in [1.29, 1.82) is 0 Å². The van der Waals surface area contributed by atoms with Gasteiger partial charge in [0.1, 0.15) is 0 Å². The fourth-order valence-corrected chi connectivity index (χ4v) is 3.73. The lowest BCUT2D eigenvalue weighted by Gasteiger charge is -2.16. The number of para-hydroxylation sites is 1. The smallest absolute Gasteiger partial charge is 0.235 e. The van der Waals surface area contributed by atoms with E-state index < -0.39 is 5.41 Å². The number of halogens is 2. The highest BCUT2D eigenvalue weighted by Crippen LogP contribution is 2.52. The third-order valence-electron chi connectivity index (χ3n) is 4.73. The molecule has 3 nitrogen and oxygen atoms in total. The lowest BCUT2D eigenvalue weighted by molar-refractivity contribution is -0.118. The molecule has 1 aromatic heterocycles. The number of aryl methyl sites for hydroxylation is 1. The van der Waals surface area contributed by atoms with Gasteiger partial charge in [-0.05, 0) is 49.6 Å². The van der Waals surface area contributed by atoms with Crippen molar-refractivity contribution in [2.45, 2.75) is 25.2 Å². The molecule has 24 heavy (non-hydrogen) atoms. The van der Waals surface area contributed by atoms with Crippen molar-refractivity contribution in [3.8, 4) is 0 Å². The first-order valence-corrected chi connectivity index (χ1v) is 8.61. The minimum absolute atomic E-state index is 0.00809. The molecule has 0 atom stereocenters. The number of H-pyrrole nitrogens is 1. The van der Waals surface area contributed by atoms with Crippen LogP contribution in [0.25, 0.3) is 10.9 Å². The highest BCUT2D eigenvalue weighted by atomic mass is 35.5. The Hall–Kier alpha value is -1.97. The molecule has 0 radical (unpaired) electrons. The number of rotatable bonds is 3. The van der Waals surface area contributed by atoms with Crippen molar-refractivity contribution in [2.24, 2.45) is 0 Å². The number of hydrogen-bond donors (Lipinski definition) is 2. The average Bonchev–Trinajstić information content (AvgIpc) is 3.28. The Morgan fingerprint density at radius 1 is 1.12 bits per heavy atom. The predicted molar refractivity (Wildman–Crippen MR) is 99.0 cm³/mol. The molecule has 1 fully saturated rings. The van der Waals surface area contributed by atoms with Crippen molar-refractivity contribution >= 4 is 45.7 Å². The maximum absolute atomic E-state index is 13.0. The molecule has 0 aliphatic heterocycles. The number of carbonyl (C=O) groups is 1. The molecule has 0 unspecified atom stereocenters. The van der Waals surface area contributed by atoms with Gasteiger partial charge < -0.3 is 10.3 Å². The Kier molecular flexibility index (Phi) is 3.59. The number of aromatic amines is 1. The molecule has 1 heterocycles. The molecule has 0 saturated heterocycles. The van der Waals surface area contributed by atoms with Gasteiger partial charge in [-0.25, -0.2) is 0 Å². The molecule has 4 rings (SSSR count). The van der Waals surface area contributed by atoms with Gasteiger partial charge in [0, 0.05) is 22.3 Å². The van der Waals surface area contributed by atoms with Gasteiger partial charge in [-0.2, -0.15) is 0 Å². The second kappa shape index (κ2) is 5.54. The third-order valence-corrected chi connectivity index (χ3v) is 5.47. The number of benzene rings is 2. The summed E-state index contributed by atoms with van der Waals surface area (Å²) in [6.45, 7) is 2.03. The summed E-state index contributed by atoms with van der Waals surface area (Å²) in [7, 11) is 0. The van der Waals surface area contributed by atoms with Gasteiger partial charge in [-0.1, -0.05) is 41.4 Å². The Labute approximate surface area is 150 Å². The predicted octanol–water partition coefficient (Wildman–Crippen LogP) is 5.45. The van der Waals surface area contributed by atoms with Crippen molar-refractivity contribution in [2.75, 3.05) is 5.32 Å². The molecule has 0 spiro atoms. The van der Waals surface area contributed by atoms with Crippen LogP contribution >= 0.6 is 23.2 Å². The first-order chi connectivity index (χ1) is 11.5. The minimum atomic E-state index is -0.463. The zero-order valence-electron chi connectivity index (χ0n) is 13.1. The molecule has 2 aromatic carbocycles. The van der Waals surface area contributed by atoms with Crippen LogP contribution in [0.3, 0.4) is 0 Å². The number of fused-ring (bicyclic) bond motifs is 1. The standard InChI is InChI=1S/C19H16Cl2N2O/c1-11-17(13-4-2-3-5-16(13)22-11)19(8-9-19)18(24)23-12-6-7-14(20)15(21)10-12/h2-7,10,22H,8-9H2,1H3,(H,23,24). The van der Waals surface area contributed by atoms with E-state index in [1.165, 1.54) is 0 Å². The summed E-state index contributed by atoms with van der Waals surface area (Å²) in [5.74, 6) is 0.00809. The second-order valence-corrected chi connectivity index (χ2v) is 7.15. The average molecular weight is 359 g/mol. The normalized spacial score (nSPS) is 15.5. The van der Waals surface area contributed by atoms with E-state index in [9.17, 15) is 4.79 Å². The Morgan fingerprint density at radius 2 is 1.88 bits per heavy atom. The maximum atomic E-state index is 13.0. The molecule has 122 valence electrons. The van der Waals surface area contributed by atoms with Gasteiger partial charge in [0.15, 0.2) is 0 Å². The van der Waals surface area contributed by atoms with E-state index in [1.807, 2.05) is 25.1 Å². The first-order valence-electron chi connectivity index (χ1n) is 7.85. The zero-order valence-corrected chi connectivity index (χ0v) is 14.6. The Bertz CT molecular complexity index is 957. The van der Waals surface area contributed by atoms with Crippen LogP contribution in [-0.4, -0.2) is 10.9 Å². The van der Waals surface area contributed by atoms with Crippen LogP contribution < -0.4 is 5.32 Å². The summed E-state index contributed by atoms with van der Waals surface area (Å²) in [6.07, 6.45) is 1.70. The van der Waals surface area contributed by atoms with Crippen LogP contribution in [0.1, 0.15) is 24.1 Å². The second-order valence-electron chi connectivity index (χ2n) is 6.34. The lowest BCUT2D eigenvalue weighted by Crippen LogP contribution is -2.28. The van der Waals surface area contributed by atoms with Crippen LogP contribution in [0.5, 0.6) is 0 Å². The molecule has 1 aliphatic carbocycles. The maximum Gasteiger partial charge on any atom is 0.235 e. The SMILES string of the molecule is Cc1[nH]c2ccccc2c1C1(C(=O)Nc2ccc(Cl)c(Cl)c2)CC1. The van der Waals surface area contributed by atoms with Crippen LogP contribution in [0.4, 0.5) is 5.69 Å². The number of nitrogens with one attached hydrogen (secondary N) is 2. The summed E-state index contributed by atoms with van der Waals surface area (Å²) in [5, 5.41) is 5.03. The lowest BCUT2D eigenvalue weighted by atomic mass is 9.92. The van der Waals surface area contributed by atoms with E-state index >= 15 is 0 Å². The van der Waals surface area contributed by atoms with Crippen LogP contribution in [-0.2, 0) is 10.2 Å². The molecule has 0 bridgehead atoms. The van der Waals surface area contributed by atoms with Gasteiger partial charge >= 0.3 is 0 Å². The zero-order chi connectivity index (χ0) is 16.9. The van der Waals surface area contributed by atoms with Crippen molar-refractivity contribution < 1.29 is 4.79 Å². The van der Waals surface area contributed by atoms with E-state index in [4.69, 9.17) is 23.2 Å². The molecular formula is C19H16Cl2N2O. The molecule has 3 aromatic rings. The Morgan fingerprint density at radius 3 is 2.58 bits per heavy atom. The fraction of sp³-hybridized carbons (Fsp3) is 0.211. The monoisotopic (exact) mass is 358 g/mol. The first kappa shape index (κ1) is 15.6. The summed E-state index contributed by atoms with van der Waals surface area (Å²) < 4.78 is 0. The number of carbonyl (C=O) groups excluding carboxylic acids is 1. The van der Waals surface area contributed by atoms with Gasteiger partial charge in [-0.3, -0.25) is 4.79 Å². The van der Waals surface area contributed by atoms with Gasteiger partial charge in [-0.15, -0.1) is 0 Å². The van der Waals surface area contributed by atoms with Crippen molar-refractivity contribution in [3.05, 3.63) is 63.8 Å². The van der Waals surface area contributed by atoms with Crippen molar-refractivity contribution in [1.82, 2.24) is 4.98 Å². The largest absolute Gasteiger partial charge is 0.358 e. The summed E-state index contributed by atoms with van der Waals surface area (Å²) in [6, 6.07) is 13.3. The summed E-state index contributed by atoms with van der Waals surface area (Å²) >= 11 is 12.0. The summed E-state index contributed by atoms with van der Waals surface area (Å²) in [4.78, 5) is 16.4. The topological polar surface area (TPSA) is 44.9 Å². The quantitative estimate of drug-likeness (QED) is 0.641. The van der Waals surface area contributed by atoms with Gasteiger partial charge in [0.05, 0.1) is 15.5 Å². The molecule has 1 saturated carbocycles. The van der Waals surface area contributed by atoms with E-state index in [1.54, 1.807) is 18.2 Å². The number of anilines is 1. The molecule has 2 N–H and O–H groups in total. The fourth-order valence-electron chi connectivity index (χ4n) is 3.43. The highest BCUT2D eigenvalue weighted by molar-refractivity contribution is 6.42. The van der Waals surface area contributed by atoms with E-state index in [2.05, 4.69) is 16.4 Å². The number of aromatic nitrogens is 1. The summed E-state index contributed by atoms with van der Waals surface area (Å²) in [5.41, 5.74) is 3.43. The van der Waals surface area contributed by atoms with Crippen LogP contribution in [0.2, 0.25) is 10.0 Å². The molecule has 1 aliphatic rings. The van der Waals surface area contributed by atoms with Gasteiger partial charge in [0.25, 0.3) is 0 Å². The molecule has 1 amide bonds. The van der Waals surface area contributed by atoms with Crippen molar-refractivity contribution in [3.63, 3.8) is 0 Å². The Balaban J connectivity index is 1.70. The van der Waals surface area contributed by atoms with Crippen LogP contribution in [0, 0.1) is 6.92 Å². The molecular weight excluding hydrogens is 343 g/mol. The van der Waals surface area contributed by atoms with E-state index in [0.717, 1.165) is 35.0 Å². The minimum Gasteiger partial charge on any atom is -0.358 e. The van der Waals surface area contributed by atoms with E-state index in [0.29, 0.717) is 15.7 Å². The van der Waals surface area contributed by atoms with E-state index in [-0.39, 0.29) is 5.91 Å². The highest BCUT2D eigenvalue weighted by Gasteiger charge is 2.53. The van der Waals surface area contributed by atoms with Crippen LogP contribution in [0.15, 0.2) is 42.5 Å². The number of amides is 1.